The van der Waals surface area contributed by atoms with Gasteiger partial charge in [0, 0.05) is 16.5 Å². The summed E-state index contributed by atoms with van der Waals surface area (Å²) in [6.45, 7) is 7.27. The summed E-state index contributed by atoms with van der Waals surface area (Å²) in [4.78, 5) is 44.7. The number of benzene rings is 2. The molecule has 1 N–H and O–H groups in total. The van der Waals surface area contributed by atoms with Gasteiger partial charge in [0.2, 0.25) is 0 Å². The fourth-order valence-electron chi connectivity index (χ4n) is 4.34. The third kappa shape index (κ3) is 3.60. The molecular weight excluding hydrogens is 456 g/mol. The highest BCUT2D eigenvalue weighted by molar-refractivity contribution is 6.22. The topological polar surface area (TPSA) is 121 Å². The Bertz CT molecular complexity index is 1640. The first-order valence-corrected chi connectivity index (χ1v) is 11.3. The predicted molar refractivity (Wildman–Crippen MR) is 133 cm³/mol. The van der Waals surface area contributed by atoms with E-state index < -0.39 is 23.3 Å². The van der Waals surface area contributed by atoms with Crippen molar-refractivity contribution in [1.82, 2.24) is 19.7 Å². The molecule has 2 aromatic carbocycles. The van der Waals surface area contributed by atoms with Crippen LogP contribution in [0.15, 0.2) is 54.7 Å². The van der Waals surface area contributed by atoms with Crippen molar-refractivity contribution >= 4 is 34.4 Å². The minimum Gasteiger partial charge on any atom is -0.305 e. The summed E-state index contributed by atoms with van der Waals surface area (Å²) >= 11 is 0. The van der Waals surface area contributed by atoms with Gasteiger partial charge in [0.15, 0.2) is 11.6 Å². The first-order chi connectivity index (χ1) is 17.1. The summed E-state index contributed by atoms with van der Waals surface area (Å²) in [5.41, 5.74) is 1.77. The average Bonchev–Trinajstić information content (AvgIpc) is 3.36. The minimum absolute atomic E-state index is 0.155. The number of para-hydroxylation sites is 1. The zero-order chi connectivity index (χ0) is 25.8. The third-order valence-corrected chi connectivity index (χ3v) is 6.07. The Hall–Kier alpha value is -4.84. The fourth-order valence-corrected chi connectivity index (χ4v) is 4.34. The van der Waals surface area contributed by atoms with E-state index in [1.54, 1.807) is 20.8 Å². The van der Waals surface area contributed by atoms with Crippen LogP contribution in [0.2, 0.25) is 0 Å². The summed E-state index contributed by atoms with van der Waals surface area (Å²) in [6, 6.07) is 15.9. The van der Waals surface area contributed by atoms with E-state index in [4.69, 9.17) is 0 Å². The van der Waals surface area contributed by atoms with Crippen molar-refractivity contribution in [2.75, 3.05) is 5.32 Å². The maximum Gasteiger partial charge on any atom is 0.262 e. The van der Waals surface area contributed by atoms with E-state index in [-0.39, 0.29) is 28.1 Å². The zero-order valence-corrected chi connectivity index (χ0v) is 20.2. The van der Waals surface area contributed by atoms with Gasteiger partial charge in [-0.05, 0) is 63.6 Å². The molecule has 0 bridgehead atoms. The second-order valence-corrected chi connectivity index (χ2v) is 9.58. The van der Waals surface area contributed by atoms with Crippen LogP contribution in [0.5, 0.6) is 0 Å². The van der Waals surface area contributed by atoms with Crippen molar-refractivity contribution in [3.8, 4) is 11.9 Å². The number of carbonyl (C=O) groups excluding carboxylic acids is 3. The number of hydrogen-bond acceptors (Lipinski definition) is 6. The average molecular weight is 479 g/mol. The van der Waals surface area contributed by atoms with E-state index in [1.165, 1.54) is 34.0 Å². The molecule has 0 spiro atoms. The van der Waals surface area contributed by atoms with Crippen molar-refractivity contribution in [2.45, 2.75) is 33.2 Å². The van der Waals surface area contributed by atoms with E-state index in [9.17, 15) is 19.6 Å². The van der Waals surface area contributed by atoms with E-state index in [0.717, 1.165) is 16.5 Å². The highest BCUT2D eigenvalue weighted by Gasteiger charge is 2.42. The number of nitriles is 1. The molecule has 3 amide bonds. The monoisotopic (exact) mass is 478 g/mol. The van der Waals surface area contributed by atoms with Crippen LogP contribution in [0, 0.1) is 18.3 Å². The Kier molecular flexibility index (Phi) is 5.18. The summed E-state index contributed by atoms with van der Waals surface area (Å²) < 4.78 is 1.40. The molecular formula is C27H22N6O3. The number of hydrogen-bond donors (Lipinski definition) is 1. The lowest BCUT2D eigenvalue weighted by Crippen LogP contribution is -2.45. The van der Waals surface area contributed by atoms with Crippen molar-refractivity contribution < 1.29 is 14.4 Å². The highest BCUT2D eigenvalue weighted by atomic mass is 16.2. The van der Waals surface area contributed by atoms with Gasteiger partial charge in [0.25, 0.3) is 17.7 Å². The molecule has 9 nitrogen and oxygen atoms in total. The summed E-state index contributed by atoms with van der Waals surface area (Å²) in [5.74, 6) is -0.793. The van der Waals surface area contributed by atoms with Crippen LogP contribution in [0.4, 0.5) is 5.82 Å². The molecule has 1 aliphatic rings. The molecule has 9 heteroatoms. The van der Waals surface area contributed by atoms with Crippen molar-refractivity contribution in [3.05, 3.63) is 82.5 Å². The van der Waals surface area contributed by atoms with Gasteiger partial charge in [0.1, 0.15) is 11.6 Å². The Labute approximate surface area is 207 Å². The van der Waals surface area contributed by atoms with Crippen LogP contribution in [0.1, 0.15) is 63.0 Å². The van der Waals surface area contributed by atoms with Crippen LogP contribution in [0.25, 0.3) is 16.7 Å². The number of pyridine rings is 1. The third-order valence-electron chi connectivity index (χ3n) is 6.07. The Balaban J connectivity index is 1.51. The number of carbonyl (C=O) groups is 3. The minimum atomic E-state index is -0.700. The number of fused-ring (bicyclic) bond motifs is 2. The molecule has 0 saturated heterocycles. The van der Waals surface area contributed by atoms with E-state index in [0.29, 0.717) is 5.82 Å². The van der Waals surface area contributed by atoms with Crippen molar-refractivity contribution in [1.29, 1.82) is 5.26 Å². The van der Waals surface area contributed by atoms with Gasteiger partial charge >= 0.3 is 0 Å². The maximum atomic E-state index is 13.2. The summed E-state index contributed by atoms with van der Waals surface area (Å²) in [6.07, 6.45) is 1.36. The molecule has 4 aromatic rings. The predicted octanol–water partition coefficient (Wildman–Crippen LogP) is 4.25. The Morgan fingerprint density at radius 1 is 1.03 bits per heavy atom. The first-order valence-electron chi connectivity index (χ1n) is 11.3. The lowest BCUT2D eigenvalue weighted by molar-refractivity contribution is 0.0507. The van der Waals surface area contributed by atoms with Gasteiger partial charge < -0.3 is 5.32 Å². The van der Waals surface area contributed by atoms with Crippen molar-refractivity contribution in [3.63, 3.8) is 0 Å². The standard InChI is InChI=1S/C27H22N6O3/c1-15-11-22(30-21-8-6-5-7-18(15)21)33-23(17(13-28)14-29-33)31-24(34)16-9-10-19-20(12-16)26(36)32(25(19)35)27(2,3)4/h5-12,14H,1-4H3,(H,31,34). The maximum absolute atomic E-state index is 13.2. The molecule has 0 atom stereocenters. The molecule has 178 valence electrons. The molecule has 1 aliphatic heterocycles. The molecule has 0 saturated carbocycles. The van der Waals surface area contributed by atoms with Crippen LogP contribution in [-0.2, 0) is 0 Å². The van der Waals surface area contributed by atoms with Gasteiger partial charge in [-0.2, -0.15) is 15.0 Å². The van der Waals surface area contributed by atoms with E-state index in [2.05, 4.69) is 15.4 Å². The molecule has 2 aromatic heterocycles. The van der Waals surface area contributed by atoms with Crippen LogP contribution < -0.4 is 5.32 Å². The summed E-state index contributed by atoms with van der Waals surface area (Å²) in [5, 5.41) is 17.6. The van der Waals surface area contributed by atoms with Crippen LogP contribution >= 0.6 is 0 Å². The molecule has 3 heterocycles. The SMILES string of the molecule is Cc1cc(-n2ncc(C#N)c2NC(=O)c2ccc3c(c2)C(=O)N(C(C)(C)C)C3=O)nc2ccccc12. The van der Waals surface area contributed by atoms with Gasteiger partial charge in [0.05, 0.1) is 22.8 Å². The zero-order valence-electron chi connectivity index (χ0n) is 20.2. The molecule has 0 fully saturated rings. The number of amides is 3. The number of imide groups is 1. The lowest BCUT2D eigenvalue weighted by atomic mass is 10.1. The van der Waals surface area contributed by atoms with Gasteiger partial charge in [-0.15, -0.1) is 0 Å². The van der Waals surface area contributed by atoms with Crippen LogP contribution in [0.3, 0.4) is 0 Å². The smallest absolute Gasteiger partial charge is 0.262 e. The Morgan fingerprint density at radius 3 is 2.47 bits per heavy atom. The number of nitrogens with zero attached hydrogens (tertiary/aromatic N) is 5. The van der Waals surface area contributed by atoms with Crippen molar-refractivity contribution in [2.24, 2.45) is 0 Å². The number of nitrogens with one attached hydrogen (secondary N) is 1. The van der Waals surface area contributed by atoms with Gasteiger partial charge in [-0.25, -0.2) is 4.98 Å². The van der Waals surface area contributed by atoms with Crippen LogP contribution in [-0.4, -0.2) is 42.9 Å². The second-order valence-electron chi connectivity index (χ2n) is 9.58. The largest absolute Gasteiger partial charge is 0.305 e. The molecule has 36 heavy (non-hydrogen) atoms. The molecule has 0 aliphatic carbocycles. The Morgan fingerprint density at radius 2 is 1.75 bits per heavy atom. The lowest BCUT2D eigenvalue weighted by Gasteiger charge is -2.29. The van der Waals surface area contributed by atoms with Gasteiger partial charge in [-0.3, -0.25) is 19.3 Å². The summed E-state index contributed by atoms with van der Waals surface area (Å²) in [7, 11) is 0. The number of rotatable bonds is 3. The molecule has 0 radical (unpaired) electrons. The number of aromatic nitrogens is 3. The second kappa shape index (κ2) is 8.13. The molecule has 5 rings (SSSR count). The molecule has 0 unspecified atom stereocenters. The normalized spacial score (nSPS) is 13.1. The first kappa shape index (κ1) is 22.9. The van der Waals surface area contributed by atoms with Gasteiger partial charge in [-0.1, -0.05) is 18.2 Å². The fraction of sp³-hybridized carbons (Fsp3) is 0.185. The number of aryl methyl sites for hydroxylation is 1. The number of anilines is 1. The highest BCUT2D eigenvalue weighted by Crippen LogP contribution is 2.30. The van der Waals surface area contributed by atoms with E-state index >= 15 is 0 Å². The quantitative estimate of drug-likeness (QED) is 0.440. The van der Waals surface area contributed by atoms with E-state index in [1.807, 2.05) is 43.3 Å².